The zero-order chi connectivity index (χ0) is 14.2. The van der Waals surface area contributed by atoms with Crippen LogP contribution in [0, 0.1) is 0 Å². The zero-order valence-corrected chi connectivity index (χ0v) is 11.7. The molecule has 0 heterocycles. The first-order valence-electron chi connectivity index (χ1n) is 7.36. The molecule has 102 valence electrons. The lowest BCUT2D eigenvalue weighted by atomic mass is 9.83. The average molecular weight is 273 g/mol. The second-order valence-corrected chi connectivity index (χ2v) is 5.63. The molecule has 1 aliphatic carbocycles. The van der Waals surface area contributed by atoms with Gasteiger partial charge in [0.25, 0.3) is 0 Å². The van der Waals surface area contributed by atoms with Crippen LogP contribution in [0.5, 0.6) is 0 Å². The number of fused-ring (bicyclic) bond motifs is 5. The first kappa shape index (κ1) is 12.2. The van der Waals surface area contributed by atoms with Gasteiger partial charge in [-0.1, -0.05) is 53.6 Å². The Morgan fingerprint density at radius 3 is 2.71 bits per heavy atom. The quantitative estimate of drug-likeness (QED) is 0.237. The summed E-state index contributed by atoms with van der Waals surface area (Å²) in [5, 5.41) is 9.05. The summed E-state index contributed by atoms with van der Waals surface area (Å²) >= 11 is 0. The molecule has 0 aliphatic heterocycles. The Kier molecular flexibility index (Phi) is 2.80. The molecule has 0 saturated carbocycles. The molecule has 0 fully saturated rings. The van der Waals surface area contributed by atoms with E-state index in [1.807, 2.05) is 0 Å². The number of nitrogens with zero attached hydrogens (tertiary/aromatic N) is 3. The van der Waals surface area contributed by atoms with Crippen molar-refractivity contribution in [2.75, 3.05) is 0 Å². The van der Waals surface area contributed by atoms with Crippen LogP contribution in [0.3, 0.4) is 0 Å². The number of azide groups is 1. The molecule has 0 bridgehead atoms. The van der Waals surface area contributed by atoms with E-state index in [1.54, 1.807) is 0 Å². The fraction of sp³-hybridized carbons (Fsp3) is 0.222. The second kappa shape index (κ2) is 4.80. The molecule has 0 amide bonds. The molecule has 3 aromatic rings. The summed E-state index contributed by atoms with van der Waals surface area (Å²) < 4.78 is 0. The summed E-state index contributed by atoms with van der Waals surface area (Å²) in [4.78, 5) is 3.05. The van der Waals surface area contributed by atoms with Crippen molar-refractivity contribution in [1.82, 2.24) is 0 Å². The van der Waals surface area contributed by atoms with Gasteiger partial charge in [-0.15, -0.1) is 0 Å². The lowest BCUT2D eigenvalue weighted by molar-refractivity contribution is 0.572. The minimum absolute atomic E-state index is 0.0244. The highest BCUT2D eigenvalue weighted by atomic mass is 15.1. The summed E-state index contributed by atoms with van der Waals surface area (Å²) in [5.74, 6) is 0. The number of rotatable bonds is 1. The van der Waals surface area contributed by atoms with Crippen LogP contribution >= 0.6 is 0 Å². The predicted molar refractivity (Wildman–Crippen MR) is 86.3 cm³/mol. The van der Waals surface area contributed by atoms with Gasteiger partial charge in [-0.2, -0.15) is 0 Å². The molecule has 0 radical (unpaired) electrons. The molecular weight excluding hydrogens is 258 g/mol. The molecule has 0 saturated heterocycles. The highest BCUT2D eigenvalue weighted by Gasteiger charge is 2.21. The normalized spacial score (nSPS) is 17.4. The summed E-state index contributed by atoms with van der Waals surface area (Å²) in [6.07, 6.45) is 3.12. The summed E-state index contributed by atoms with van der Waals surface area (Å²) in [7, 11) is 0. The maximum Gasteiger partial charge on any atom is 0.0634 e. The van der Waals surface area contributed by atoms with E-state index < -0.39 is 0 Å². The minimum Gasteiger partial charge on any atom is -0.0859 e. The molecule has 1 atom stereocenters. The Morgan fingerprint density at radius 2 is 1.81 bits per heavy atom. The molecule has 0 aromatic heterocycles. The van der Waals surface area contributed by atoms with Crippen molar-refractivity contribution in [3.8, 4) is 0 Å². The fourth-order valence-electron chi connectivity index (χ4n) is 3.58. The van der Waals surface area contributed by atoms with Crippen molar-refractivity contribution in [1.29, 1.82) is 0 Å². The van der Waals surface area contributed by atoms with E-state index >= 15 is 0 Å². The highest BCUT2D eigenvalue weighted by Crippen LogP contribution is 2.39. The fourth-order valence-corrected chi connectivity index (χ4v) is 3.58. The monoisotopic (exact) mass is 273 g/mol. The van der Waals surface area contributed by atoms with Gasteiger partial charge in [0.1, 0.15) is 0 Å². The van der Waals surface area contributed by atoms with E-state index in [4.69, 9.17) is 5.53 Å². The first-order valence-corrected chi connectivity index (χ1v) is 7.36. The van der Waals surface area contributed by atoms with Gasteiger partial charge >= 0.3 is 0 Å². The van der Waals surface area contributed by atoms with Crippen molar-refractivity contribution in [2.45, 2.75) is 25.3 Å². The zero-order valence-electron chi connectivity index (χ0n) is 11.7. The number of hydrogen-bond donors (Lipinski definition) is 0. The van der Waals surface area contributed by atoms with Crippen LogP contribution in [0.1, 0.15) is 30.0 Å². The SMILES string of the molecule is [N-]=[N+]=NC1CCCc2ccc3c(ccc4ccccc43)c21. The van der Waals surface area contributed by atoms with Crippen LogP contribution in [-0.2, 0) is 6.42 Å². The largest absolute Gasteiger partial charge is 0.0859 e. The van der Waals surface area contributed by atoms with E-state index in [1.165, 1.54) is 32.7 Å². The highest BCUT2D eigenvalue weighted by molar-refractivity contribution is 6.08. The van der Waals surface area contributed by atoms with E-state index in [0.717, 1.165) is 19.3 Å². The summed E-state index contributed by atoms with van der Waals surface area (Å²) in [6, 6.07) is 17.2. The second-order valence-electron chi connectivity index (χ2n) is 5.63. The molecule has 3 heteroatoms. The third-order valence-corrected chi connectivity index (χ3v) is 4.51. The van der Waals surface area contributed by atoms with Crippen LogP contribution < -0.4 is 0 Å². The maximum absolute atomic E-state index is 8.85. The smallest absolute Gasteiger partial charge is 0.0634 e. The third-order valence-electron chi connectivity index (χ3n) is 4.51. The van der Waals surface area contributed by atoms with Gasteiger partial charge in [0.2, 0.25) is 0 Å². The minimum atomic E-state index is -0.0244. The summed E-state index contributed by atoms with van der Waals surface area (Å²) in [6.45, 7) is 0. The molecular formula is C18H15N3. The molecule has 1 aliphatic rings. The van der Waals surface area contributed by atoms with E-state index in [9.17, 15) is 0 Å². The molecule has 3 nitrogen and oxygen atoms in total. The van der Waals surface area contributed by atoms with Gasteiger partial charge in [0.15, 0.2) is 0 Å². The van der Waals surface area contributed by atoms with Crippen molar-refractivity contribution in [3.05, 3.63) is 70.1 Å². The van der Waals surface area contributed by atoms with Crippen molar-refractivity contribution >= 4 is 21.5 Å². The Hall–Kier alpha value is -2.51. The Labute approximate surface area is 122 Å². The van der Waals surface area contributed by atoms with Crippen molar-refractivity contribution < 1.29 is 0 Å². The number of hydrogen-bond acceptors (Lipinski definition) is 1. The molecule has 1 unspecified atom stereocenters. The predicted octanol–water partition coefficient (Wildman–Crippen LogP) is 5.68. The van der Waals surface area contributed by atoms with Crippen LogP contribution in [-0.4, -0.2) is 0 Å². The Balaban J connectivity index is 2.11. The van der Waals surface area contributed by atoms with E-state index in [2.05, 4.69) is 58.6 Å². The van der Waals surface area contributed by atoms with Gasteiger partial charge in [-0.05, 0) is 57.5 Å². The van der Waals surface area contributed by atoms with Crippen LogP contribution in [0.4, 0.5) is 0 Å². The third kappa shape index (κ3) is 1.86. The Bertz CT molecular complexity index is 891. The van der Waals surface area contributed by atoms with Crippen LogP contribution in [0.2, 0.25) is 0 Å². The van der Waals surface area contributed by atoms with Crippen LogP contribution in [0.15, 0.2) is 53.6 Å². The Morgan fingerprint density at radius 1 is 0.952 bits per heavy atom. The van der Waals surface area contributed by atoms with Gasteiger partial charge in [-0.25, -0.2) is 0 Å². The lowest BCUT2D eigenvalue weighted by Crippen LogP contribution is -2.08. The van der Waals surface area contributed by atoms with E-state index in [-0.39, 0.29) is 6.04 Å². The van der Waals surface area contributed by atoms with Gasteiger partial charge in [0.05, 0.1) is 6.04 Å². The average Bonchev–Trinajstić information content (AvgIpc) is 2.54. The van der Waals surface area contributed by atoms with Crippen LogP contribution in [0.25, 0.3) is 32.0 Å². The molecule has 21 heavy (non-hydrogen) atoms. The molecule has 0 spiro atoms. The van der Waals surface area contributed by atoms with E-state index in [0.29, 0.717) is 0 Å². The summed E-state index contributed by atoms with van der Waals surface area (Å²) in [5.41, 5.74) is 11.4. The molecule has 4 rings (SSSR count). The standard InChI is InChI=1S/C18H15N3/c19-21-20-17-7-3-5-13-9-10-15-14-6-2-1-4-12(14)8-11-16(15)18(13)17/h1-2,4,6,8-11,17H,3,5,7H2. The van der Waals surface area contributed by atoms with Crippen molar-refractivity contribution in [2.24, 2.45) is 5.11 Å². The van der Waals surface area contributed by atoms with Gasteiger partial charge in [-0.3, -0.25) is 0 Å². The molecule has 0 N–H and O–H groups in total. The molecule has 3 aromatic carbocycles. The topological polar surface area (TPSA) is 48.8 Å². The number of aryl methyl sites for hydroxylation is 1. The van der Waals surface area contributed by atoms with Gasteiger partial charge in [0, 0.05) is 4.91 Å². The maximum atomic E-state index is 8.85. The van der Waals surface area contributed by atoms with Gasteiger partial charge < -0.3 is 0 Å². The number of benzene rings is 3. The first-order chi connectivity index (χ1) is 10.4. The lowest BCUT2D eigenvalue weighted by Gasteiger charge is -2.24. The van der Waals surface area contributed by atoms with Crippen molar-refractivity contribution in [3.63, 3.8) is 0 Å².